The minimum atomic E-state index is -0.739. The fourth-order valence-corrected chi connectivity index (χ4v) is 3.79. The van der Waals surface area contributed by atoms with Gasteiger partial charge in [0, 0.05) is 12.8 Å². The Balaban J connectivity index is 1.50. The molecule has 4 nitrogen and oxygen atoms in total. The molecule has 1 aliphatic carbocycles. The molecule has 0 bridgehead atoms. The Hall–Kier alpha value is -3.99. The number of methoxy groups -OCH3 is 1. The molecule has 4 heteroatoms. The van der Waals surface area contributed by atoms with Crippen LogP contribution in [-0.2, 0) is 20.9 Å². The van der Waals surface area contributed by atoms with Crippen molar-refractivity contribution in [3.63, 3.8) is 0 Å². The lowest BCUT2D eigenvalue weighted by molar-refractivity contribution is -0.150. The highest BCUT2D eigenvalue weighted by Crippen LogP contribution is 2.22. The van der Waals surface area contributed by atoms with Crippen LogP contribution in [0.25, 0.3) is 16.8 Å². The molecule has 1 atom stereocenters. The number of hydrogen-bond acceptors (Lipinski definition) is 4. The summed E-state index contributed by atoms with van der Waals surface area (Å²) in [5, 5.41) is 2.25. The topological polar surface area (TPSA) is 44.8 Å². The highest BCUT2D eigenvalue weighted by Gasteiger charge is 2.17. The molecule has 3 aromatic carbocycles. The average molecular weight is 465 g/mol. The lowest BCUT2D eigenvalue weighted by Gasteiger charge is -2.14. The van der Waals surface area contributed by atoms with E-state index >= 15 is 0 Å². The molecule has 1 unspecified atom stereocenters. The zero-order valence-electron chi connectivity index (χ0n) is 19.9. The van der Waals surface area contributed by atoms with Crippen molar-refractivity contribution in [2.24, 2.45) is 0 Å². The molecule has 0 saturated heterocycles. The van der Waals surface area contributed by atoms with E-state index in [0.29, 0.717) is 12.2 Å². The van der Waals surface area contributed by atoms with Crippen LogP contribution in [0.1, 0.15) is 36.8 Å². The number of carbonyl (C=O) groups excluding carboxylic acids is 1. The second kappa shape index (κ2) is 12.5. The van der Waals surface area contributed by atoms with Gasteiger partial charge in [0.05, 0.1) is 19.3 Å². The van der Waals surface area contributed by atoms with Gasteiger partial charge < -0.3 is 14.2 Å². The Morgan fingerprint density at radius 1 is 0.971 bits per heavy atom. The lowest BCUT2D eigenvalue weighted by Crippen LogP contribution is -2.22. The van der Waals surface area contributed by atoms with Gasteiger partial charge in [-0.1, -0.05) is 78.3 Å². The number of hydrogen-bond donors (Lipinski definition) is 0. The summed E-state index contributed by atoms with van der Waals surface area (Å²) in [5.41, 5.74) is 2.64. The van der Waals surface area contributed by atoms with Crippen LogP contribution in [0, 0.1) is 23.7 Å². The molecule has 176 valence electrons. The van der Waals surface area contributed by atoms with E-state index in [2.05, 4.69) is 41.9 Å². The number of esters is 1. The third-order valence-corrected chi connectivity index (χ3v) is 5.63. The molecule has 0 aromatic heterocycles. The summed E-state index contributed by atoms with van der Waals surface area (Å²) in [4.78, 5) is 12.7. The van der Waals surface area contributed by atoms with Crippen molar-refractivity contribution in [1.29, 1.82) is 0 Å². The smallest absolute Gasteiger partial charge is 0.333 e. The molecule has 35 heavy (non-hydrogen) atoms. The fraction of sp³-hybridized carbons (Fsp3) is 0.258. The van der Waals surface area contributed by atoms with Gasteiger partial charge in [0.25, 0.3) is 0 Å². The first-order chi connectivity index (χ1) is 17.2. The SMILES string of the molecule is COc1ccc(COCC(=O)OC2C#CCCCCC#C/C2=C\c2cccc3ccccc23)cc1. The van der Waals surface area contributed by atoms with Crippen LogP contribution in [-0.4, -0.2) is 25.8 Å². The summed E-state index contributed by atoms with van der Waals surface area (Å²) >= 11 is 0. The summed E-state index contributed by atoms with van der Waals surface area (Å²) in [5.74, 6) is 13.1. The Morgan fingerprint density at radius 2 is 1.74 bits per heavy atom. The van der Waals surface area contributed by atoms with Gasteiger partial charge >= 0.3 is 5.97 Å². The number of benzene rings is 3. The number of ether oxygens (including phenoxy) is 3. The minimum absolute atomic E-state index is 0.167. The monoisotopic (exact) mass is 464 g/mol. The van der Waals surface area contributed by atoms with Crippen molar-refractivity contribution in [3.05, 3.63) is 83.4 Å². The number of carbonyl (C=O) groups is 1. The third-order valence-electron chi connectivity index (χ3n) is 5.63. The van der Waals surface area contributed by atoms with Gasteiger partial charge in [-0.15, -0.1) is 0 Å². The second-order valence-electron chi connectivity index (χ2n) is 8.21. The van der Waals surface area contributed by atoms with E-state index in [0.717, 1.165) is 53.3 Å². The summed E-state index contributed by atoms with van der Waals surface area (Å²) in [6.45, 7) is 0.132. The van der Waals surface area contributed by atoms with Crippen molar-refractivity contribution in [2.45, 2.75) is 38.4 Å². The number of fused-ring (bicyclic) bond motifs is 1. The maximum Gasteiger partial charge on any atom is 0.333 e. The largest absolute Gasteiger partial charge is 0.497 e. The molecule has 0 saturated carbocycles. The molecule has 0 spiro atoms. The van der Waals surface area contributed by atoms with Crippen LogP contribution in [0.3, 0.4) is 0 Å². The van der Waals surface area contributed by atoms with E-state index in [1.54, 1.807) is 7.11 Å². The maximum absolute atomic E-state index is 12.7. The lowest BCUT2D eigenvalue weighted by atomic mass is 10.00. The first-order valence-electron chi connectivity index (χ1n) is 11.8. The normalized spacial score (nSPS) is 16.5. The van der Waals surface area contributed by atoms with E-state index < -0.39 is 12.1 Å². The van der Waals surface area contributed by atoms with Gasteiger partial charge in [-0.05, 0) is 52.9 Å². The molecular formula is C31H28O4. The zero-order chi connectivity index (χ0) is 24.3. The average Bonchev–Trinajstić information content (AvgIpc) is 2.89. The summed E-state index contributed by atoms with van der Waals surface area (Å²) in [7, 11) is 1.62. The second-order valence-corrected chi connectivity index (χ2v) is 8.21. The molecule has 4 rings (SSSR count). The predicted molar refractivity (Wildman–Crippen MR) is 138 cm³/mol. The van der Waals surface area contributed by atoms with Crippen molar-refractivity contribution in [3.8, 4) is 29.4 Å². The van der Waals surface area contributed by atoms with Gasteiger partial charge in [-0.3, -0.25) is 0 Å². The van der Waals surface area contributed by atoms with Crippen LogP contribution in [0.15, 0.2) is 72.3 Å². The maximum atomic E-state index is 12.7. The van der Waals surface area contributed by atoms with Crippen LogP contribution in [0.2, 0.25) is 0 Å². The molecule has 0 aliphatic heterocycles. The van der Waals surface area contributed by atoms with Gasteiger partial charge in [0.15, 0.2) is 6.10 Å². The summed E-state index contributed by atoms with van der Waals surface area (Å²) < 4.78 is 16.5. The van der Waals surface area contributed by atoms with E-state index in [1.807, 2.05) is 54.6 Å². The van der Waals surface area contributed by atoms with Gasteiger partial charge in [-0.2, -0.15) is 0 Å². The van der Waals surface area contributed by atoms with Crippen LogP contribution >= 0.6 is 0 Å². The van der Waals surface area contributed by atoms with E-state index in [9.17, 15) is 4.79 Å². The molecule has 0 fully saturated rings. The molecule has 0 radical (unpaired) electrons. The number of rotatable bonds is 7. The van der Waals surface area contributed by atoms with E-state index in [4.69, 9.17) is 14.2 Å². The Kier molecular flexibility index (Phi) is 8.60. The molecule has 0 N–H and O–H groups in total. The first-order valence-corrected chi connectivity index (χ1v) is 11.8. The van der Waals surface area contributed by atoms with Gasteiger partial charge in [-0.25, -0.2) is 4.79 Å². The predicted octanol–water partition coefficient (Wildman–Crippen LogP) is 5.94. The van der Waals surface area contributed by atoms with Gasteiger partial charge in [0.1, 0.15) is 12.4 Å². The summed E-state index contributed by atoms with van der Waals surface area (Å²) in [6.07, 6.45) is 4.78. The van der Waals surface area contributed by atoms with Crippen molar-refractivity contribution < 1.29 is 19.0 Å². The minimum Gasteiger partial charge on any atom is -0.497 e. The first kappa shape index (κ1) is 24.1. The van der Waals surface area contributed by atoms with Crippen molar-refractivity contribution >= 4 is 22.8 Å². The van der Waals surface area contributed by atoms with Crippen molar-refractivity contribution in [1.82, 2.24) is 0 Å². The third kappa shape index (κ3) is 7.00. The molecular weight excluding hydrogens is 436 g/mol. The Bertz CT molecular complexity index is 1310. The molecule has 0 heterocycles. The van der Waals surface area contributed by atoms with E-state index in [1.165, 1.54) is 0 Å². The van der Waals surface area contributed by atoms with Crippen LogP contribution in [0.4, 0.5) is 0 Å². The quantitative estimate of drug-likeness (QED) is 0.321. The van der Waals surface area contributed by atoms with E-state index in [-0.39, 0.29) is 6.61 Å². The highest BCUT2D eigenvalue weighted by atomic mass is 16.6. The molecule has 3 aromatic rings. The zero-order valence-corrected chi connectivity index (χ0v) is 19.9. The van der Waals surface area contributed by atoms with Crippen molar-refractivity contribution in [2.75, 3.05) is 13.7 Å². The Labute approximate surface area is 206 Å². The molecule has 1 aliphatic rings. The highest BCUT2D eigenvalue weighted by molar-refractivity contribution is 5.91. The van der Waals surface area contributed by atoms with Crippen LogP contribution < -0.4 is 4.74 Å². The van der Waals surface area contributed by atoms with Crippen LogP contribution in [0.5, 0.6) is 5.75 Å². The fourth-order valence-electron chi connectivity index (χ4n) is 3.79. The summed E-state index contributed by atoms with van der Waals surface area (Å²) in [6, 6.07) is 21.8. The molecule has 0 amide bonds. The standard InChI is InChI=1S/C31H28O4/c1-33-28-19-17-24(18-20-28)22-34-23-31(32)35-30-16-7-5-3-2-4-6-12-27(30)21-26-14-10-13-25-11-8-9-15-29(25)26/h8-11,13-15,17-21,30H,2-5,22-23H2,1H3/b27-21+. The van der Waals surface area contributed by atoms with Gasteiger partial charge in [0.2, 0.25) is 0 Å². The Morgan fingerprint density at radius 3 is 2.57 bits per heavy atom.